The molecule has 210 valence electrons. The van der Waals surface area contributed by atoms with E-state index in [0.29, 0.717) is 20.5 Å². The Bertz CT molecular complexity index is 1730. The molecule has 1 fully saturated rings. The molecule has 4 heterocycles. The zero-order chi connectivity index (χ0) is 29.1. The number of amides is 3. The highest BCUT2D eigenvalue weighted by Crippen LogP contribution is 2.54. The summed E-state index contributed by atoms with van der Waals surface area (Å²) >= 11 is 7.58. The van der Waals surface area contributed by atoms with Gasteiger partial charge in [0.1, 0.15) is 17.6 Å². The fourth-order valence-corrected chi connectivity index (χ4v) is 7.93. The Kier molecular flexibility index (Phi) is 6.83. The number of thioether (sulfide) groups is 1. The van der Waals surface area contributed by atoms with E-state index >= 15 is 0 Å². The van der Waals surface area contributed by atoms with E-state index in [2.05, 4.69) is 5.32 Å². The molecular formula is C27H17ClF3N3O5S2. The lowest BCUT2D eigenvalue weighted by atomic mass is 9.86. The number of para-hydroxylation sites is 1. The zero-order valence-electron chi connectivity index (χ0n) is 20.6. The third-order valence-corrected chi connectivity index (χ3v) is 9.63. The Balaban J connectivity index is 1.40. The Labute approximate surface area is 242 Å². The molecule has 2 aromatic heterocycles. The standard InChI is InChI=1S/C27H17ClF3N3O5S2/c28-13-7-9-14(10-8-13)32-18(35)12-33-25-22(41-26(33)38)19(17-6-3-11-39-17)20-21(40-25)24(37)34(23(20)36)16-5-2-1-4-15(16)27(29,30)31/h1-11,19-21H,12H2,(H,32,35). The minimum absolute atomic E-state index is 0.271. The van der Waals surface area contributed by atoms with Crippen LogP contribution in [-0.2, 0) is 27.1 Å². The minimum Gasteiger partial charge on any atom is -0.469 e. The summed E-state index contributed by atoms with van der Waals surface area (Å²) in [5, 5.41) is 2.27. The quantitative estimate of drug-likeness (QED) is 0.292. The third-order valence-electron chi connectivity index (χ3n) is 6.78. The third kappa shape index (κ3) is 4.77. The highest BCUT2D eigenvalue weighted by Gasteiger charge is 2.58. The first kappa shape index (κ1) is 27.4. The number of hydrogen-bond donors (Lipinski definition) is 1. The van der Waals surface area contributed by atoms with Gasteiger partial charge in [0.25, 0.3) is 0 Å². The van der Waals surface area contributed by atoms with Gasteiger partial charge in [-0.2, -0.15) is 13.2 Å². The number of carbonyl (C=O) groups is 3. The van der Waals surface area contributed by atoms with E-state index in [4.69, 9.17) is 16.0 Å². The smallest absolute Gasteiger partial charge is 0.418 e. The molecule has 2 aliphatic rings. The molecular weight excluding hydrogens is 603 g/mol. The number of alkyl halides is 3. The Morgan fingerprint density at radius 3 is 2.41 bits per heavy atom. The van der Waals surface area contributed by atoms with Crippen LogP contribution >= 0.6 is 34.7 Å². The van der Waals surface area contributed by atoms with E-state index < -0.39 is 63.7 Å². The van der Waals surface area contributed by atoms with E-state index in [1.165, 1.54) is 23.0 Å². The van der Waals surface area contributed by atoms with E-state index in [1.807, 2.05) is 0 Å². The zero-order valence-corrected chi connectivity index (χ0v) is 22.9. The van der Waals surface area contributed by atoms with E-state index in [0.717, 1.165) is 35.2 Å². The summed E-state index contributed by atoms with van der Waals surface area (Å²) in [4.78, 5) is 53.9. The molecule has 3 atom stereocenters. The lowest BCUT2D eigenvalue weighted by molar-refractivity contribution is -0.137. The first-order valence-electron chi connectivity index (χ1n) is 12.1. The van der Waals surface area contributed by atoms with Gasteiger partial charge < -0.3 is 9.73 Å². The molecule has 0 bridgehead atoms. The molecule has 3 amide bonds. The van der Waals surface area contributed by atoms with E-state index in [1.54, 1.807) is 36.4 Å². The number of nitrogens with one attached hydrogen (secondary N) is 1. The van der Waals surface area contributed by atoms with E-state index in [-0.39, 0.29) is 10.8 Å². The van der Waals surface area contributed by atoms with Crippen molar-refractivity contribution in [2.75, 3.05) is 10.2 Å². The lowest BCUT2D eigenvalue weighted by Gasteiger charge is -2.29. The van der Waals surface area contributed by atoms with Gasteiger partial charge in [0, 0.05) is 10.7 Å². The molecule has 3 unspecified atom stereocenters. The number of imide groups is 1. The van der Waals surface area contributed by atoms with Gasteiger partial charge >= 0.3 is 11.0 Å². The average molecular weight is 620 g/mol. The van der Waals surface area contributed by atoms with Crippen LogP contribution in [0, 0.1) is 5.92 Å². The molecule has 14 heteroatoms. The molecule has 2 aromatic carbocycles. The fraction of sp³-hybridized carbons (Fsp3) is 0.185. The van der Waals surface area contributed by atoms with Gasteiger partial charge in [-0.15, -0.1) is 0 Å². The SMILES string of the molecule is O=C(Cn1c2c(sc1=O)C(c1ccco1)C1C(=O)N(c3ccccc3C(F)(F)F)C(=O)C1S2)Nc1ccc(Cl)cc1. The van der Waals surface area contributed by atoms with Crippen LogP contribution in [0.1, 0.15) is 22.1 Å². The van der Waals surface area contributed by atoms with Crippen molar-refractivity contribution in [3.05, 3.63) is 97.8 Å². The second-order valence-electron chi connectivity index (χ2n) is 9.26. The van der Waals surface area contributed by atoms with Crippen molar-refractivity contribution >= 4 is 63.8 Å². The summed E-state index contributed by atoms with van der Waals surface area (Å²) in [5.41, 5.74) is -1.23. The van der Waals surface area contributed by atoms with Crippen LogP contribution in [0.4, 0.5) is 24.5 Å². The number of furan rings is 1. The maximum atomic E-state index is 13.8. The van der Waals surface area contributed by atoms with Crippen molar-refractivity contribution in [1.29, 1.82) is 0 Å². The topological polar surface area (TPSA) is 102 Å². The van der Waals surface area contributed by atoms with Gasteiger partial charge in [0.2, 0.25) is 17.7 Å². The molecule has 1 saturated heterocycles. The van der Waals surface area contributed by atoms with Gasteiger partial charge in [-0.1, -0.05) is 46.8 Å². The van der Waals surface area contributed by atoms with Gasteiger partial charge in [0.15, 0.2) is 0 Å². The molecule has 4 aromatic rings. The number of nitrogens with zero attached hydrogens (tertiary/aromatic N) is 2. The summed E-state index contributed by atoms with van der Waals surface area (Å²) in [6, 6.07) is 13.9. The molecule has 41 heavy (non-hydrogen) atoms. The number of hydrogen-bond acceptors (Lipinski definition) is 7. The molecule has 6 rings (SSSR count). The van der Waals surface area contributed by atoms with Crippen molar-refractivity contribution in [1.82, 2.24) is 4.57 Å². The number of fused-ring (bicyclic) bond motifs is 2. The normalized spacial score (nSPS) is 20.2. The Morgan fingerprint density at radius 1 is 1.00 bits per heavy atom. The average Bonchev–Trinajstić information content (AvgIpc) is 3.62. The van der Waals surface area contributed by atoms with Crippen LogP contribution in [0.5, 0.6) is 0 Å². The van der Waals surface area contributed by atoms with Crippen molar-refractivity contribution < 1.29 is 32.0 Å². The minimum atomic E-state index is -4.81. The van der Waals surface area contributed by atoms with Gasteiger partial charge in [-0.25, -0.2) is 4.90 Å². The lowest BCUT2D eigenvalue weighted by Crippen LogP contribution is -2.33. The molecule has 1 N–H and O–H groups in total. The number of thiazole rings is 1. The maximum Gasteiger partial charge on any atom is 0.418 e. The fourth-order valence-electron chi connectivity index (χ4n) is 5.05. The first-order valence-corrected chi connectivity index (χ1v) is 14.1. The highest BCUT2D eigenvalue weighted by molar-refractivity contribution is 8.00. The Morgan fingerprint density at radius 2 is 1.73 bits per heavy atom. The summed E-state index contributed by atoms with van der Waals surface area (Å²) in [6.07, 6.45) is -3.45. The number of rotatable bonds is 5. The monoisotopic (exact) mass is 619 g/mol. The van der Waals surface area contributed by atoms with Crippen molar-refractivity contribution in [3.63, 3.8) is 0 Å². The van der Waals surface area contributed by atoms with E-state index in [9.17, 15) is 32.3 Å². The molecule has 8 nitrogen and oxygen atoms in total. The highest BCUT2D eigenvalue weighted by atomic mass is 35.5. The first-order chi connectivity index (χ1) is 19.5. The molecule has 0 saturated carbocycles. The van der Waals surface area contributed by atoms with Crippen LogP contribution < -0.4 is 15.1 Å². The number of benzene rings is 2. The molecule has 0 spiro atoms. The van der Waals surface area contributed by atoms with Gasteiger partial charge in [-0.3, -0.25) is 23.7 Å². The van der Waals surface area contributed by atoms with Crippen LogP contribution in [0.2, 0.25) is 5.02 Å². The van der Waals surface area contributed by atoms with Gasteiger partial charge in [-0.05, 0) is 48.5 Å². The van der Waals surface area contributed by atoms with Crippen molar-refractivity contribution in [2.24, 2.45) is 5.92 Å². The second kappa shape index (κ2) is 10.2. The maximum absolute atomic E-state index is 13.8. The number of carbonyl (C=O) groups excluding carboxylic acids is 3. The van der Waals surface area contributed by atoms with Crippen LogP contribution in [0.15, 0.2) is 81.2 Å². The molecule has 2 aliphatic heterocycles. The predicted octanol–water partition coefficient (Wildman–Crippen LogP) is 5.61. The number of anilines is 2. The summed E-state index contributed by atoms with van der Waals surface area (Å²) < 4.78 is 48.3. The van der Waals surface area contributed by atoms with Crippen molar-refractivity contribution in [2.45, 2.75) is 28.9 Å². The number of aromatic nitrogens is 1. The summed E-state index contributed by atoms with van der Waals surface area (Å²) in [5.74, 6) is -4.00. The summed E-state index contributed by atoms with van der Waals surface area (Å²) in [6.45, 7) is -0.398. The van der Waals surface area contributed by atoms with Crippen molar-refractivity contribution in [3.8, 4) is 0 Å². The van der Waals surface area contributed by atoms with Crippen LogP contribution in [0.3, 0.4) is 0 Å². The number of halogens is 4. The summed E-state index contributed by atoms with van der Waals surface area (Å²) in [7, 11) is 0. The second-order valence-corrected chi connectivity index (χ2v) is 11.8. The van der Waals surface area contributed by atoms with Crippen LogP contribution in [0.25, 0.3) is 0 Å². The molecule has 0 aliphatic carbocycles. The van der Waals surface area contributed by atoms with Gasteiger partial charge in [0.05, 0.1) is 39.3 Å². The predicted molar refractivity (Wildman–Crippen MR) is 146 cm³/mol. The Hall–Kier alpha value is -3.81. The largest absolute Gasteiger partial charge is 0.469 e. The van der Waals surface area contributed by atoms with Crippen LogP contribution in [-0.4, -0.2) is 27.5 Å². The molecule has 0 radical (unpaired) electrons.